The molecule has 0 aromatic rings. The van der Waals surface area contributed by atoms with Crippen molar-refractivity contribution in [2.24, 2.45) is 10.9 Å². The van der Waals surface area contributed by atoms with Gasteiger partial charge in [-0.05, 0) is 26.8 Å². The molecule has 0 fully saturated rings. The van der Waals surface area contributed by atoms with Crippen LogP contribution in [0.3, 0.4) is 0 Å². The monoisotopic (exact) mass is 229 g/mol. The molecule has 0 aliphatic rings. The highest BCUT2D eigenvalue weighted by Crippen LogP contribution is 2.06. The highest BCUT2D eigenvalue weighted by molar-refractivity contribution is 5.81. The van der Waals surface area contributed by atoms with Crippen LogP contribution in [0.1, 0.15) is 52.9 Å². The summed E-state index contributed by atoms with van der Waals surface area (Å²) in [5.41, 5.74) is 5.52. The van der Waals surface area contributed by atoms with Crippen LogP contribution in [-0.4, -0.2) is 35.1 Å². The maximum Gasteiger partial charge on any atom is 0.153 e. The number of unbranched alkanes of at least 4 members (excludes halogenated alkanes) is 4. The van der Waals surface area contributed by atoms with Crippen molar-refractivity contribution in [3.05, 3.63) is 0 Å². The first kappa shape index (κ1) is 15.2. The predicted octanol–water partition coefficient (Wildman–Crippen LogP) is 2.41. The number of hydrogen-bond acceptors (Lipinski definition) is 3. The zero-order valence-corrected chi connectivity index (χ0v) is 10.9. The van der Waals surface area contributed by atoms with Crippen LogP contribution >= 0.6 is 0 Å². The van der Waals surface area contributed by atoms with E-state index in [0.717, 1.165) is 6.54 Å². The van der Waals surface area contributed by atoms with Crippen molar-refractivity contribution in [1.29, 1.82) is 0 Å². The molecule has 4 nitrogen and oxygen atoms in total. The molecule has 0 amide bonds. The molecule has 0 atom stereocenters. The standard InChI is InChI=1S/C12H27N3O/c1-4-5-6-7-8-9-15(11(2)3)10-12(13)14-16/h11,16H,4-10H2,1-3H3,(H2,13,14). The van der Waals surface area contributed by atoms with E-state index in [1.807, 2.05) is 0 Å². The van der Waals surface area contributed by atoms with Gasteiger partial charge in [0.25, 0.3) is 0 Å². The van der Waals surface area contributed by atoms with Crippen molar-refractivity contribution in [3.8, 4) is 0 Å². The Bertz CT molecular complexity index is 193. The Balaban J connectivity index is 3.77. The van der Waals surface area contributed by atoms with Crippen LogP contribution in [-0.2, 0) is 0 Å². The van der Waals surface area contributed by atoms with Crippen LogP contribution in [0.25, 0.3) is 0 Å². The maximum absolute atomic E-state index is 8.54. The van der Waals surface area contributed by atoms with Gasteiger partial charge in [-0.15, -0.1) is 0 Å². The first-order valence-corrected chi connectivity index (χ1v) is 6.32. The molecule has 0 aliphatic heterocycles. The molecule has 0 bridgehead atoms. The molecule has 0 aliphatic carbocycles. The van der Waals surface area contributed by atoms with Gasteiger partial charge in [0.05, 0.1) is 6.54 Å². The molecule has 0 aromatic carbocycles. The van der Waals surface area contributed by atoms with Crippen molar-refractivity contribution in [2.45, 2.75) is 58.9 Å². The van der Waals surface area contributed by atoms with E-state index in [4.69, 9.17) is 10.9 Å². The molecule has 0 radical (unpaired) electrons. The molecular weight excluding hydrogens is 202 g/mol. The van der Waals surface area contributed by atoms with Crippen molar-refractivity contribution < 1.29 is 5.21 Å². The quantitative estimate of drug-likeness (QED) is 0.210. The lowest BCUT2D eigenvalue weighted by Crippen LogP contribution is -2.39. The Morgan fingerprint density at radius 2 is 1.88 bits per heavy atom. The highest BCUT2D eigenvalue weighted by Gasteiger charge is 2.10. The van der Waals surface area contributed by atoms with E-state index in [1.54, 1.807) is 0 Å². The summed E-state index contributed by atoms with van der Waals surface area (Å²) in [6.07, 6.45) is 6.37. The fraction of sp³-hybridized carbons (Fsp3) is 0.917. The fourth-order valence-corrected chi connectivity index (χ4v) is 1.68. The molecule has 16 heavy (non-hydrogen) atoms. The van der Waals surface area contributed by atoms with Crippen molar-refractivity contribution in [2.75, 3.05) is 13.1 Å². The average Bonchev–Trinajstić information content (AvgIpc) is 2.26. The third kappa shape index (κ3) is 7.51. The Morgan fingerprint density at radius 3 is 2.38 bits per heavy atom. The minimum atomic E-state index is 0.294. The van der Waals surface area contributed by atoms with E-state index < -0.39 is 0 Å². The van der Waals surface area contributed by atoms with Gasteiger partial charge in [-0.2, -0.15) is 0 Å². The second kappa shape index (κ2) is 9.46. The van der Waals surface area contributed by atoms with Crippen molar-refractivity contribution in [3.63, 3.8) is 0 Å². The molecule has 96 valence electrons. The molecule has 0 spiro atoms. The lowest BCUT2D eigenvalue weighted by molar-refractivity contribution is 0.241. The number of nitrogens with two attached hydrogens (primary N) is 1. The summed E-state index contributed by atoms with van der Waals surface area (Å²) in [6, 6.07) is 0.437. The second-order valence-corrected chi connectivity index (χ2v) is 4.57. The Labute approximate surface area is 99.5 Å². The van der Waals surface area contributed by atoms with Gasteiger partial charge < -0.3 is 10.9 Å². The number of oxime groups is 1. The van der Waals surface area contributed by atoms with E-state index in [9.17, 15) is 0 Å². The molecular formula is C12H27N3O. The third-order valence-electron chi connectivity index (χ3n) is 2.77. The lowest BCUT2D eigenvalue weighted by atomic mass is 10.1. The smallest absolute Gasteiger partial charge is 0.153 e. The van der Waals surface area contributed by atoms with Gasteiger partial charge in [0, 0.05) is 6.04 Å². The zero-order valence-electron chi connectivity index (χ0n) is 10.9. The van der Waals surface area contributed by atoms with E-state index in [2.05, 4.69) is 30.8 Å². The van der Waals surface area contributed by atoms with Gasteiger partial charge in [0.1, 0.15) is 0 Å². The number of hydrogen-bond donors (Lipinski definition) is 2. The van der Waals surface area contributed by atoms with E-state index in [0.29, 0.717) is 18.4 Å². The first-order chi connectivity index (χ1) is 7.61. The van der Waals surface area contributed by atoms with Crippen molar-refractivity contribution >= 4 is 5.84 Å². The van der Waals surface area contributed by atoms with Gasteiger partial charge in [0.15, 0.2) is 5.84 Å². The Kier molecular flexibility index (Phi) is 9.00. The molecule has 0 saturated heterocycles. The molecule has 0 rings (SSSR count). The Hall–Kier alpha value is -0.770. The summed E-state index contributed by atoms with van der Waals surface area (Å²) >= 11 is 0. The molecule has 0 aromatic heterocycles. The largest absolute Gasteiger partial charge is 0.409 e. The first-order valence-electron chi connectivity index (χ1n) is 6.32. The van der Waals surface area contributed by atoms with Crippen LogP contribution in [0.5, 0.6) is 0 Å². The summed E-state index contributed by atoms with van der Waals surface area (Å²) in [7, 11) is 0. The summed E-state index contributed by atoms with van der Waals surface area (Å²) in [5, 5.41) is 11.6. The van der Waals surface area contributed by atoms with E-state index in [1.165, 1.54) is 32.1 Å². The van der Waals surface area contributed by atoms with Gasteiger partial charge in [-0.3, -0.25) is 4.90 Å². The van der Waals surface area contributed by atoms with Gasteiger partial charge >= 0.3 is 0 Å². The minimum absolute atomic E-state index is 0.294. The van der Waals surface area contributed by atoms with Crippen LogP contribution in [0.15, 0.2) is 5.16 Å². The average molecular weight is 229 g/mol. The maximum atomic E-state index is 8.54. The molecule has 0 unspecified atom stereocenters. The van der Waals surface area contributed by atoms with Crippen LogP contribution in [0.2, 0.25) is 0 Å². The zero-order chi connectivity index (χ0) is 12.4. The van der Waals surface area contributed by atoms with Gasteiger partial charge in [-0.25, -0.2) is 0 Å². The molecule has 0 saturated carbocycles. The SMILES string of the molecule is CCCCCCCN(CC(N)=NO)C(C)C. The number of nitrogens with zero attached hydrogens (tertiary/aromatic N) is 2. The lowest BCUT2D eigenvalue weighted by Gasteiger charge is -2.25. The van der Waals surface area contributed by atoms with Gasteiger partial charge in [-0.1, -0.05) is 37.8 Å². The Morgan fingerprint density at radius 1 is 1.25 bits per heavy atom. The molecule has 4 heteroatoms. The summed E-state index contributed by atoms with van der Waals surface area (Å²) in [4.78, 5) is 2.24. The third-order valence-corrected chi connectivity index (χ3v) is 2.77. The fourth-order valence-electron chi connectivity index (χ4n) is 1.68. The highest BCUT2D eigenvalue weighted by atomic mass is 16.4. The van der Waals surface area contributed by atoms with Crippen LogP contribution in [0.4, 0.5) is 0 Å². The number of amidine groups is 1. The predicted molar refractivity (Wildman–Crippen MR) is 68.9 cm³/mol. The summed E-state index contributed by atoms with van der Waals surface area (Å²) in [6.45, 7) is 8.08. The van der Waals surface area contributed by atoms with Crippen LogP contribution < -0.4 is 5.73 Å². The summed E-state index contributed by atoms with van der Waals surface area (Å²) < 4.78 is 0. The van der Waals surface area contributed by atoms with Gasteiger partial charge in [0.2, 0.25) is 0 Å². The van der Waals surface area contributed by atoms with E-state index in [-0.39, 0.29) is 0 Å². The molecule has 3 N–H and O–H groups in total. The van der Waals surface area contributed by atoms with Crippen molar-refractivity contribution in [1.82, 2.24) is 4.90 Å². The molecule has 0 heterocycles. The van der Waals surface area contributed by atoms with Crippen LogP contribution in [0, 0.1) is 0 Å². The minimum Gasteiger partial charge on any atom is -0.409 e. The second-order valence-electron chi connectivity index (χ2n) is 4.57. The number of rotatable bonds is 9. The van der Waals surface area contributed by atoms with E-state index >= 15 is 0 Å². The normalized spacial score (nSPS) is 12.7. The topological polar surface area (TPSA) is 61.8 Å². The summed E-state index contributed by atoms with van der Waals surface area (Å²) in [5.74, 6) is 0.294.